The maximum atomic E-state index is 12.5. The predicted octanol–water partition coefficient (Wildman–Crippen LogP) is 0.520. The summed E-state index contributed by atoms with van der Waals surface area (Å²) in [5.41, 5.74) is 3.07. The van der Waals surface area contributed by atoms with Crippen molar-refractivity contribution in [1.82, 2.24) is 25.2 Å². The summed E-state index contributed by atoms with van der Waals surface area (Å²) < 4.78 is 0. The number of carbonyl (C=O) groups is 1. The molecule has 1 amide bonds. The van der Waals surface area contributed by atoms with Crippen LogP contribution in [0.1, 0.15) is 17.1 Å². The summed E-state index contributed by atoms with van der Waals surface area (Å²) >= 11 is 0. The largest absolute Gasteiger partial charge is 0.347 e. The lowest BCUT2D eigenvalue weighted by molar-refractivity contribution is -0.132. The molecule has 0 saturated heterocycles. The minimum atomic E-state index is -0.186. The molecule has 1 aliphatic rings. The fourth-order valence-corrected chi connectivity index (χ4v) is 2.55. The second-order valence-corrected chi connectivity index (χ2v) is 5.30. The van der Waals surface area contributed by atoms with E-state index >= 15 is 0 Å². The summed E-state index contributed by atoms with van der Waals surface area (Å²) in [7, 11) is 1.84. The molecule has 0 radical (unpaired) electrons. The highest BCUT2D eigenvalue weighted by Gasteiger charge is 2.27. The van der Waals surface area contributed by atoms with E-state index in [1.165, 1.54) is 0 Å². The first-order valence-corrected chi connectivity index (χ1v) is 7.13. The zero-order valence-corrected chi connectivity index (χ0v) is 12.0. The van der Waals surface area contributed by atoms with E-state index in [-0.39, 0.29) is 11.9 Å². The van der Waals surface area contributed by atoms with Crippen molar-refractivity contribution in [2.45, 2.75) is 25.4 Å². The fourth-order valence-electron chi connectivity index (χ4n) is 2.55. The summed E-state index contributed by atoms with van der Waals surface area (Å²) in [4.78, 5) is 25.9. The minimum absolute atomic E-state index is 0.111. The monoisotopic (exact) mass is 285 g/mol. The normalized spacial score (nSPS) is 17.3. The van der Waals surface area contributed by atoms with Gasteiger partial charge in [0.15, 0.2) is 0 Å². The van der Waals surface area contributed by atoms with Gasteiger partial charge in [-0.15, -0.1) is 0 Å². The maximum Gasteiger partial charge on any atom is 0.239 e. The molecule has 6 heteroatoms. The van der Waals surface area contributed by atoms with Crippen molar-refractivity contribution in [2.24, 2.45) is 0 Å². The molecule has 0 saturated carbocycles. The number of imidazole rings is 1. The van der Waals surface area contributed by atoms with Gasteiger partial charge < -0.3 is 9.88 Å². The summed E-state index contributed by atoms with van der Waals surface area (Å²) in [6.07, 6.45) is 4.87. The van der Waals surface area contributed by atoms with Crippen LogP contribution in [-0.4, -0.2) is 45.4 Å². The third-order valence-electron chi connectivity index (χ3n) is 3.83. The molecule has 1 unspecified atom stereocenters. The molecule has 0 fully saturated rings. The molecule has 3 rings (SSSR count). The van der Waals surface area contributed by atoms with Crippen LogP contribution in [0.5, 0.6) is 0 Å². The van der Waals surface area contributed by atoms with Crippen LogP contribution in [0.3, 0.4) is 0 Å². The van der Waals surface area contributed by atoms with E-state index in [0.29, 0.717) is 19.5 Å². The van der Waals surface area contributed by atoms with Crippen molar-refractivity contribution >= 4 is 5.91 Å². The van der Waals surface area contributed by atoms with Gasteiger partial charge in [-0.2, -0.15) is 0 Å². The molecule has 21 heavy (non-hydrogen) atoms. The quantitative estimate of drug-likeness (QED) is 0.859. The molecule has 0 aromatic carbocycles. The summed E-state index contributed by atoms with van der Waals surface area (Å²) in [5.74, 6) is 0.111. The summed E-state index contributed by atoms with van der Waals surface area (Å²) in [6, 6.07) is 5.65. The molecule has 2 N–H and O–H groups in total. The van der Waals surface area contributed by atoms with Crippen LogP contribution in [0.15, 0.2) is 30.7 Å². The lowest BCUT2D eigenvalue weighted by Gasteiger charge is -2.27. The summed E-state index contributed by atoms with van der Waals surface area (Å²) in [6.45, 7) is 1.33. The maximum absolute atomic E-state index is 12.5. The number of likely N-dealkylation sites (N-methyl/N-ethyl adjacent to an activating group) is 1. The van der Waals surface area contributed by atoms with Gasteiger partial charge in [0.2, 0.25) is 5.91 Å². The van der Waals surface area contributed by atoms with Crippen molar-refractivity contribution in [3.05, 3.63) is 47.8 Å². The third kappa shape index (κ3) is 3.11. The van der Waals surface area contributed by atoms with Crippen LogP contribution in [-0.2, 0) is 24.2 Å². The number of rotatable bonds is 4. The van der Waals surface area contributed by atoms with Gasteiger partial charge in [-0.3, -0.25) is 15.1 Å². The predicted molar refractivity (Wildman–Crippen MR) is 78.5 cm³/mol. The Balaban J connectivity index is 1.55. The Hall–Kier alpha value is -2.21. The van der Waals surface area contributed by atoms with Crippen molar-refractivity contribution in [3.8, 4) is 0 Å². The van der Waals surface area contributed by atoms with E-state index in [4.69, 9.17) is 0 Å². The van der Waals surface area contributed by atoms with Crippen LogP contribution in [0.2, 0.25) is 0 Å². The van der Waals surface area contributed by atoms with Gasteiger partial charge in [-0.1, -0.05) is 6.07 Å². The number of aromatic amines is 1. The number of hydrogen-bond acceptors (Lipinski definition) is 4. The number of nitrogens with zero attached hydrogens (tertiary/aromatic N) is 3. The molecule has 3 heterocycles. The molecule has 2 aromatic rings. The van der Waals surface area contributed by atoms with Gasteiger partial charge in [0.05, 0.1) is 23.8 Å². The van der Waals surface area contributed by atoms with Gasteiger partial charge in [-0.05, 0) is 12.1 Å². The van der Waals surface area contributed by atoms with E-state index in [9.17, 15) is 4.79 Å². The Bertz CT molecular complexity index is 610. The number of amides is 1. The number of aromatic nitrogens is 3. The third-order valence-corrected chi connectivity index (χ3v) is 3.83. The molecule has 1 aliphatic heterocycles. The highest BCUT2D eigenvalue weighted by molar-refractivity contribution is 5.82. The van der Waals surface area contributed by atoms with E-state index in [1.807, 2.05) is 25.2 Å². The standard InChI is InChI=1S/C15H19N5O/c1-20(7-5-11-4-2-3-6-16-11)15(21)13-8-12-14(9-17-13)19-10-18-12/h2-4,6,10,13,17H,5,7-9H2,1H3,(H,18,19). The molecule has 6 nitrogen and oxygen atoms in total. The first-order chi connectivity index (χ1) is 10.2. The van der Waals surface area contributed by atoms with Crippen LogP contribution in [0.4, 0.5) is 0 Å². The van der Waals surface area contributed by atoms with E-state index in [0.717, 1.165) is 23.5 Å². The summed E-state index contributed by atoms with van der Waals surface area (Å²) in [5, 5.41) is 3.26. The van der Waals surface area contributed by atoms with Crippen molar-refractivity contribution in [3.63, 3.8) is 0 Å². The van der Waals surface area contributed by atoms with Crippen molar-refractivity contribution < 1.29 is 4.79 Å². The molecule has 0 aliphatic carbocycles. The van der Waals surface area contributed by atoms with Crippen LogP contribution in [0.25, 0.3) is 0 Å². The first kappa shape index (κ1) is 13.8. The molecule has 2 aromatic heterocycles. The van der Waals surface area contributed by atoms with Crippen LogP contribution in [0, 0.1) is 0 Å². The van der Waals surface area contributed by atoms with Crippen molar-refractivity contribution in [1.29, 1.82) is 0 Å². The van der Waals surface area contributed by atoms with Gasteiger partial charge in [-0.25, -0.2) is 4.98 Å². The number of hydrogen-bond donors (Lipinski definition) is 2. The van der Waals surface area contributed by atoms with E-state index < -0.39 is 0 Å². The zero-order chi connectivity index (χ0) is 14.7. The van der Waals surface area contributed by atoms with Crippen LogP contribution < -0.4 is 5.32 Å². The second kappa shape index (κ2) is 6.05. The van der Waals surface area contributed by atoms with Gasteiger partial charge in [0, 0.05) is 44.9 Å². The molecule has 0 bridgehead atoms. The van der Waals surface area contributed by atoms with Gasteiger partial charge >= 0.3 is 0 Å². The SMILES string of the molecule is CN(CCc1ccccn1)C(=O)C1Cc2nc[nH]c2CN1. The zero-order valence-electron chi connectivity index (χ0n) is 12.0. The average molecular weight is 285 g/mol. The Morgan fingerprint density at radius 1 is 1.43 bits per heavy atom. The number of carbonyl (C=O) groups excluding carboxylic acids is 1. The minimum Gasteiger partial charge on any atom is -0.347 e. The number of H-pyrrole nitrogens is 1. The van der Waals surface area contributed by atoms with E-state index in [2.05, 4.69) is 20.3 Å². The van der Waals surface area contributed by atoms with Crippen LogP contribution >= 0.6 is 0 Å². The number of nitrogens with one attached hydrogen (secondary N) is 2. The smallest absolute Gasteiger partial charge is 0.239 e. The highest BCUT2D eigenvalue weighted by atomic mass is 16.2. The fraction of sp³-hybridized carbons (Fsp3) is 0.400. The molecular formula is C15H19N5O. The van der Waals surface area contributed by atoms with E-state index in [1.54, 1.807) is 17.4 Å². The lowest BCUT2D eigenvalue weighted by atomic mass is 10.0. The number of pyridine rings is 1. The highest BCUT2D eigenvalue weighted by Crippen LogP contribution is 2.13. The Kier molecular flexibility index (Phi) is 3.96. The second-order valence-electron chi connectivity index (χ2n) is 5.30. The molecule has 0 spiro atoms. The Morgan fingerprint density at radius 3 is 3.14 bits per heavy atom. The number of fused-ring (bicyclic) bond motifs is 1. The van der Waals surface area contributed by atoms with Gasteiger partial charge in [0.25, 0.3) is 0 Å². The average Bonchev–Trinajstić information content (AvgIpc) is 3.00. The topological polar surface area (TPSA) is 73.9 Å². The van der Waals surface area contributed by atoms with Crippen molar-refractivity contribution in [2.75, 3.05) is 13.6 Å². The molecule has 110 valence electrons. The molecule has 1 atom stereocenters. The Morgan fingerprint density at radius 2 is 2.33 bits per heavy atom. The first-order valence-electron chi connectivity index (χ1n) is 7.13. The lowest BCUT2D eigenvalue weighted by Crippen LogP contribution is -2.48. The van der Waals surface area contributed by atoms with Gasteiger partial charge in [0.1, 0.15) is 0 Å². The Labute approximate surface area is 123 Å². The molecular weight excluding hydrogens is 266 g/mol.